The lowest BCUT2D eigenvalue weighted by Crippen LogP contribution is -2.53. The Bertz CT molecular complexity index is 2270. The van der Waals surface area contributed by atoms with Crippen LogP contribution in [0.3, 0.4) is 0 Å². The van der Waals surface area contributed by atoms with Crippen molar-refractivity contribution in [1.29, 1.82) is 0 Å². The minimum absolute atomic E-state index is 0.0325. The van der Waals surface area contributed by atoms with E-state index in [2.05, 4.69) is 155 Å². The lowest BCUT2D eigenvalue weighted by atomic mass is 9.34. The second-order valence-corrected chi connectivity index (χ2v) is 23.8. The molecule has 4 unspecified atom stereocenters. The van der Waals surface area contributed by atoms with Gasteiger partial charge in [-0.2, -0.15) is 0 Å². The van der Waals surface area contributed by atoms with Crippen molar-refractivity contribution < 1.29 is 8.78 Å². The SMILES string of the molecule is C/C=C1\C(=C/CNC2=C3B(C4=CCC(C(C)CCC(C)C)C=C4)c4sc5cc6c(cc5c4N(/C=C/CC(F)/C=C/F)C3CC(C)=C2)C(C)(C)CCC6(C)C)C(C)(C)CCC1(C)C. The second-order valence-electron chi connectivity index (χ2n) is 22.7. The number of halogens is 2. The van der Waals surface area contributed by atoms with Crippen LogP contribution in [0, 0.1) is 28.6 Å². The second kappa shape index (κ2) is 17.9. The predicted octanol–water partition coefficient (Wildman–Crippen LogP) is 15.4. The summed E-state index contributed by atoms with van der Waals surface area (Å²) in [6.07, 6.45) is 28.1. The highest BCUT2D eigenvalue weighted by atomic mass is 32.1. The van der Waals surface area contributed by atoms with Gasteiger partial charge in [0.1, 0.15) is 6.17 Å². The van der Waals surface area contributed by atoms with Crippen molar-refractivity contribution >= 4 is 38.6 Å². The molecular weight excluding hydrogens is 782 g/mol. The van der Waals surface area contributed by atoms with Crippen LogP contribution in [0.25, 0.3) is 10.1 Å². The molecule has 0 radical (unpaired) electrons. The average Bonchev–Trinajstić information content (AvgIpc) is 3.58. The fraction of sp³-hybridized carbons (Fsp3) is 0.571. The molecule has 1 aromatic heterocycles. The fourth-order valence-corrected chi connectivity index (χ4v) is 12.9. The molecule has 4 aliphatic carbocycles. The first-order valence-corrected chi connectivity index (χ1v) is 24.9. The van der Waals surface area contributed by atoms with Gasteiger partial charge in [0.2, 0.25) is 0 Å². The van der Waals surface area contributed by atoms with Crippen molar-refractivity contribution in [2.24, 2.45) is 28.6 Å². The van der Waals surface area contributed by atoms with Gasteiger partial charge >= 0.3 is 0 Å². The summed E-state index contributed by atoms with van der Waals surface area (Å²) in [6.45, 7) is 31.7. The van der Waals surface area contributed by atoms with Gasteiger partial charge in [-0.25, -0.2) is 8.78 Å². The summed E-state index contributed by atoms with van der Waals surface area (Å²) in [5.74, 6) is 1.89. The number of anilines is 1. The topological polar surface area (TPSA) is 15.3 Å². The molecule has 0 amide bonds. The van der Waals surface area contributed by atoms with E-state index in [9.17, 15) is 8.78 Å². The Hall–Kier alpha value is -3.38. The Morgan fingerprint density at radius 3 is 2.21 bits per heavy atom. The zero-order chi connectivity index (χ0) is 44.9. The number of hydrogen-bond donors (Lipinski definition) is 1. The van der Waals surface area contributed by atoms with Crippen molar-refractivity contribution in [1.82, 2.24) is 5.32 Å². The van der Waals surface area contributed by atoms with Gasteiger partial charge in [-0.1, -0.05) is 130 Å². The quantitative estimate of drug-likeness (QED) is 0.214. The minimum Gasteiger partial charge on any atom is -0.382 e. The van der Waals surface area contributed by atoms with Crippen LogP contribution in [-0.2, 0) is 10.8 Å². The molecule has 4 atom stereocenters. The van der Waals surface area contributed by atoms with E-state index >= 15 is 0 Å². The molecule has 2 nitrogen and oxygen atoms in total. The normalized spacial score (nSPS) is 26.3. The van der Waals surface area contributed by atoms with E-state index in [0.717, 1.165) is 31.9 Å². The van der Waals surface area contributed by atoms with E-state index in [1.165, 1.54) is 97.1 Å². The van der Waals surface area contributed by atoms with Gasteiger partial charge < -0.3 is 10.2 Å². The largest absolute Gasteiger partial charge is 0.382 e. The van der Waals surface area contributed by atoms with Gasteiger partial charge in [0.05, 0.1) is 18.1 Å². The molecule has 7 rings (SSSR count). The van der Waals surface area contributed by atoms with Gasteiger partial charge in [-0.05, 0) is 150 Å². The van der Waals surface area contributed by atoms with Gasteiger partial charge in [0, 0.05) is 39.7 Å². The van der Waals surface area contributed by atoms with E-state index in [0.29, 0.717) is 24.1 Å². The highest BCUT2D eigenvalue weighted by molar-refractivity contribution is 7.31. The monoisotopic (exact) mass is 859 g/mol. The Labute approximate surface area is 379 Å². The smallest absolute Gasteiger partial charge is 0.257 e. The third-order valence-corrected chi connectivity index (χ3v) is 17.0. The summed E-state index contributed by atoms with van der Waals surface area (Å²) in [4.78, 5) is 2.49. The van der Waals surface area contributed by atoms with Crippen LogP contribution in [-0.4, -0.2) is 25.5 Å². The minimum atomic E-state index is -1.37. The molecule has 0 saturated heterocycles. The molecule has 5 aliphatic rings. The molecular formula is C56H77BF2N2S. The van der Waals surface area contributed by atoms with Gasteiger partial charge in [-0.15, -0.1) is 11.3 Å². The maximum Gasteiger partial charge on any atom is 0.257 e. The van der Waals surface area contributed by atoms with Crippen molar-refractivity contribution in [2.45, 2.75) is 171 Å². The Kier molecular flexibility index (Phi) is 13.5. The molecule has 334 valence electrons. The number of hydrogen-bond acceptors (Lipinski definition) is 3. The van der Waals surface area contributed by atoms with Gasteiger partial charge in [0.25, 0.3) is 6.71 Å². The standard InChI is InChI=1S/C56H77BF2N2S/c1-14-43-44(54(8,9)26-25-53(43,6)7)24-30-60-47-32-37(4)33-48-50(47)57(40-21-19-39(20-22-40)38(5)18-17-36(2)3)52-51(61(48)31-15-16-41(59)23-29-58)42-34-45-46(35-49(42)62-52)56(12,13)28-27-55(45,10)11/h14-15,19,21-24,29,31-32,34-36,38-39,41,48,60H,16-18,20,25-28,30,33H2,1-13H3/b29-23+,31-15+,43-14+,44-24+. The van der Waals surface area contributed by atoms with Crippen molar-refractivity contribution in [3.63, 3.8) is 0 Å². The summed E-state index contributed by atoms with van der Waals surface area (Å²) in [5, 5.41) is 5.37. The molecule has 6 heteroatoms. The highest BCUT2D eigenvalue weighted by Crippen LogP contribution is 2.53. The van der Waals surface area contributed by atoms with Crippen LogP contribution in [0.15, 0.2) is 107 Å². The molecule has 2 aromatic rings. The predicted molar refractivity (Wildman–Crippen MR) is 268 cm³/mol. The molecule has 1 N–H and O–H groups in total. The molecule has 62 heavy (non-hydrogen) atoms. The van der Waals surface area contributed by atoms with Crippen LogP contribution in [0.1, 0.15) is 159 Å². The average molecular weight is 859 g/mol. The van der Waals surface area contributed by atoms with Crippen LogP contribution in [0.4, 0.5) is 14.5 Å². The zero-order valence-electron chi connectivity index (χ0n) is 40.6. The van der Waals surface area contributed by atoms with Crippen molar-refractivity contribution in [3.05, 3.63) is 118 Å². The molecule has 2 heterocycles. The molecule has 0 spiro atoms. The maximum atomic E-state index is 14.9. The zero-order valence-corrected chi connectivity index (χ0v) is 41.4. The molecule has 0 bridgehead atoms. The fourth-order valence-electron chi connectivity index (χ4n) is 11.5. The number of alkyl halides is 1. The summed E-state index contributed by atoms with van der Waals surface area (Å²) in [5.41, 5.74) is 12.9. The molecule has 1 aliphatic heterocycles. The van der Waals surface area contributed by atoms with Crippen LogP contribution >= 0.6 is 11.3 Å². The number of rotatable bonds is 12. The first-order valence-electron chi connectivity index (χ1n) is 24.1. The van der Waals surface area contributed by atoms with E-state index in [-0.39, 0.29) is 40.8 Å². The highest BCUT2D eigenvalue weighted by Gasteiger charge is 2.47. The summed E-state index contributed by atoms with van der Waals surface area (Å²) < 4.78 is 30.8. The number of nitrogens with one attached hydrogen (secondary N) is 1. The first-order chi connectivity index (χ1) is 29.2. The van der Waals surface area contributed by atoms with Gasteiger partial charge in [0.15, 0.2) is 0 Å². The third-order valence-electron chi connectivity index (χ3n) is 15.7. The number of allylic oxidation sites excluding steroid dienone is 10. The Balaban J connectivity index is 1.42. The number of benzene rings is 1. The first kappa shape index (κ1) is 46.6. The lowest BCUT2D eigenvalue weighted by Gasteiger charge is -2.45. The molecule has 1 saturated carbocycles. The summed E-state index contributed by atoms with van der Waals surface area (Å²) in [7, 11) is 0. The third kappa shape index (κ3) is 9.12. The van der Waals surface area contributed by atoms with E-state index in [1.807, 2.05) is 17.4 Å². The Morgan fingerprint density at radius 2 is 1.58 bits per heavy atom. The maximum absolute atomic E-state index is 14.9. The number of fused-ring (bicyclic) bond motifs is 5. The van der Waals surface area contributed by atoms with E-state index in [1.54, 1.807) is 0 Å². The van der Waals surface area contributed by atoms with E-state index in [4.69, 9.17) is 0 Å². The van der Waals surface area contributed by atoms with Crippen LogP contribution < -0.4 is 15.0 Å². The summed E-state index contributed by atoms with van der Waals surface area (Å²) >= 11 is 1.97. The van der Waals surface area contributed by atoms with Gasteiger partial charge in [-0.3, -0.25) is 0 Å². The molecule has 1 aromatic carbocycles. The van der Waals surface area contributed by atoms with E-state index < -0.39 is 6.17 Å². The van der Waals surface area contributed by atoms with Crippen LogP contribution in [0.2, 0.25) is 0 Å². The van der Waals surface area contributed by atoms with Crippen molar-refractivity contribution in [3.8, 4) is 0 Å². The Morgan fingerprint density at radius 1 is 0.919 bits per heavy atom. The van der Waals surface area contributed by atoms with Crippen LogP contribution in [0.5, 0.6) is 0 Å². The summed E-state index contributed by atoms with van der Waals surface area (Å²) in [6, 6.07) is 5.11. The molecule has 1 fully saturated rings. The lowest BCUT2D eigenvalue weighted by molar-refractivity contribution is 0.259. The van der Waals surface area contributed by atoms with Crippen molar-refractivity contribution in [2.75, 3.05) is 11.4 Å². The number of nitrogens with zero attached hydrogens (tertiary/aromatic N) is 1. The number of thiophene rings is 1.